The van der Waals surface area contributed by atoms with E-state index in [-0.39, 0.29) is 12.3 Å². The molecule has 0 aliphatic rings. The molecule has 5 heteroatoms. The van der Waals surface area contributed by atoms with Crippen LogP contribution in [0.4, 0.5) is 5.69 Å². The summed E-state index contributed by atoms with van der Waals surface area (Å²) in [6.07, 6.45) is -0.251. The zero-order valence-electron chi connectivity index (χ0n) is 12.8. The number of hydrogen-bond acceptors (Lipinski definition) is 3. The molecule has 116 valence electrons. The molecule has 2 aromatic rings. The molecule has 0 unspecified atom stereocenters. The smallest absolute Gasteiger partial charge is 0.253 e. The molecule has 0 fully saturated rings. The highest BCUT2D eigenvalue weighted by atomic mass is 16.2. The van der Waals surface area contributed by atoms with Gasteiger partial charge in [-0.15, -0.1) is 0 Å². The van der Waals surface area contributed by atoms with Crippen LogP contribution in [-0.4, -0.2) is 11.8 Å². The highest BCUT2D eigenvalue weighted by molar-refractivity contribution is 6.04. The van der Waals surface area contributed by atoms with Crippen molar-refractivity contribution in [1.82, 2.24) is 5.32 Å². The lowest BCUT2D eigenvalue weighted by molar-refractivity contribution is -0.115. The summed E-state index contributed by atoms with van der Waals surface area (Å²) in [4.78, 5) is 23.9. The quantitative estimate of drug-likeness (QED) is 0.891. The fourth-order valence-electron chi connectivity index (χ4n) is 2.04. The van der Waals surface area contributed by atoms with Crippen molar-refractivity contribution in [3.05, 3.63) is 65.2 Å². The first-order chi connectivity index (χ1) is 11.1. The molecule has 2 aromatic carbocycles. The van der Waals surface area contributed by atoms with Crippen molar-refractivity contribution in [2.24, 2.45) is 0 Å². The van der Waals surface area contributed by atoms with Crippen LogP contribution in [0.1, 0.15) is 27.9 Å². The maximum Gasteiger partial charge on any atom is 0.253 e. The molecule has 23 heavy (non-hydrogen) atoms. The van der Waals surface area contributed by atoms with Gasteiger partial charge >= 0.3 is 0 Å². The number of nitriles is 1. The molecule has 5 nitrogen and oxygen atoms in total. The van der Waals surface area contributed by atoms with Crippen molar-refractivity contribution in [3.8, 4) is 6.07 Å². The third-order valence-corrected chi connectivity index (χ3v) is 3.26. The van der Waals surface area contributed by atoms with E-state index in [0.29, 0.717) is 17.8 Å². The van der Waals surface area contributed by atoms with Gasteiger partial charge in [0.25, 0.3) is 5.91 Å². The topological polar surface area (TPSA) is 82.0 Å². The summed E-state index contributed by atoms with van der Waals surface area (Å²) in [5.74, 6) is -0.718. The number of rotatable bonds is 5. The van der Waals surface area contributed by atoms with Gasteiger partial charge in [0.2, 0.25) is 5.91 Å². The molecule has 0 aliphatic heterocycles. The third kappa shape index (κ3) is 4.68. The van der Waals surface area contributed by atoms with Crippen molar-refractivity contribution in [3.63, 3.8) is 0 Å². The Kier molecular flexibility index (Phi) is 5.48. The summed E-state index contributed by atoms with van der Waals surface area (Å²) in [6.45, 7) is 2.40. The standard InChI is InChI=1S/C18H17N3O2/c1-13-6-8-14(9-7-13)12-20-18(23)15-4-2-3-5-16(15)21-17(22)10-11-19/h2-9H,10,12H2,1H3,(H,20,23)(H,21,22). The number of anilines is 1. The van der Waals surface area contributed by atoms with Crippen LogP contribution in [0.5, 0.6) is 0 Å². The number of hydrogen-bond donors (Lipinski definition) is 2. The van der Waals surface area contributed by atoms with Crippen LogP contribution < -0.4 is 10.6 Å². The molecule has 0 aromatic heterocycles. The summed E-state index contributed by atoms with van der Waals surface area (Å²) < 4.78 is 0. The summed E-state index contributed by atoms with van der Waals surface area (Å²) in [5.41, 5.74) is 2.92. The predicted octanol–water partition coefficient (Wildman–Crippen LogP) is 2.78. The number of para-hydroxylation sites is 1. The van der Waals surface area contributed by atoms with Crippen LogP contribution in [0.2, 0.25) is 0 Å². The van der Waals surface area contributed by atoms with Crippen molar-refractivity contribution >= 4 is 17.5 Å². The molecule has 0 radical (unpaired) electrons. The lowest BCUT2D eigenvalue weighted by Gasteiger charge is -2.11. The van der Waals surface area contributed by atoms with Gasteiger partial charge in [-0.2, -0.15) is 5.26 Å². The predicted molar refractivity (Wildman–Crippen MR) is 87.7 cm³/mol. The van der Waals surface area contributed by atoms with E-state index in [9.17, 15) is 9.59 Å². The van der Waals surface area contributed by atoms with Crippen molar-refractivity contribution in [1.29, 1.82) is 5.26 Å². The lowest BCUT2D eigenvalue weighted by atomic mass is 10.1. The highest BCUT2D eigenvalue weighted by Gasteiger charge is 2.12. The van der Waals surface area contributed by atoms with E-state index in [1.807, 2.05) is 31.2 Å². The van der Waals surface area contributed by atoms with Crippen LogP contribution >= 0.6 is 0 Å². The molecule has 0 saturated heterocycles. The Morgan fingerprint density at radius 2 is 1.78 bits per heavy atom. The second-order valence-electron chi connectivity index (χ2n) is 5.10. The van der Waals surface area contributed by atoms with Gasteiger partial charge in [-0.25, -0.2) is 0 Å². The SMILES string of the molecule is Cc1ccc(CNC(=O)c2ccccc2NC(=O)CC#N)cc1. The monoisotopic (exact) mass is 307 g/mol. The van der Waals surface area contributed by atoms with E-state index in [0.717, 1.165) is 11.1 Å². The summed E-state index contributed by atoms with van der Waals surface area (Å²) in [5, 5.41) is 13.9. The molecule has 0 spiro atoms. The Morgan fingerprint density at radius 1 is 1.09 bits per heavy atom. The van der Waals surface area contributed by atoms with E-state index in [1.165, 1.54) is 0 Å². The fourth-order valence-corrected chi connectivity index (χ4v) is 2.04. The van der Waals surface area contributed by atoms with Gasteiger partial charge in [-0.05, 0) is 24.6 Å². The lowest BCUT2D eigenvalue weighted by Crippen LogP contribution is -2.24. The van der Waals surface area contributed by atoms with Crippen molar-refractivity contribution < 1.29 is 9.59 Å². The van der Waals surface area contributed by atoms with Gasteiger partial charge in [0.05, 0.1) is 17.3 Å². The summed E-state index contributed by atoms with van der Waals surface area (Å²) >= 11 is 0. The number of nitrogens with zero attached hydrogens (tertiary/aromatic N) is 1. The summed E-state index contributed by atoms with van der Waals surface area (Å²) in [7, 11) is 0. The molecule has 0 atom stereocenters. The number of benzene rings is 2. The Bertz CT molecular complexity index is 746. The summed E-state index contributed by atoms with van der Waals surface area (Å²) in [6, 6.07) is 16.4. The Hall–Kier alpha value is -3.13. The van der Waals surface area contributed by atoms with E-state index in [2.05, 4.69) is 10.6 Å². The first kappa shape index (κ1) is 16.2. The van der Waals surface area contributed by atoms with Crippen LogP contribution in [0.3, 0.4) is 0 Å². The second kappa shape index (κ2) is 7.76. The minimum Gasteiger partial charge on any atom is -0.348 e. The van der Waals surface area contributed by atoms with E-state index < -0.39 is 5.91 Å². The molecule has 0 bridgehead atoms. The molecule has 0 saturated carbocycles. The first-order valence-electron chi connectivity index (χ1n) is 7.19. The number of aryl methyl sites for hydroxylation is 1. The van der Waals surface area contributed by atoms with E-state index >= 15 is 0 Å². The Labute approximate surface area is 134 Å². The van der Waals surface area contributed by atoms with Gasteiger partial charge in [0, 0.05) is 6.54 Å². The molecular weight excluding hydrogens is 290 g/mol. The number of amides is 2. The third-order valence-electron chi connectivity index (χ3n) is 3.26. The second-order valence-corrected chi connectivity index (χ2v) is 5.10. The molecule has 2 amide bonds. The number of nitrogens with one attached hydrogen (secondary N) is 2. The minimum absolute atomic E-state index is 0.251. The molecule has 2 rings (SSSR count). The van der Waals surface area contributed by atoms with Gasteiger partial charge < -0.3 is 10.6 Å². The normalized spacial score (nSPS) is 9.74. The average Bonchev–Trinajstić information content (AvgIpc) is 2.55. The maximum atomic E-state index is 12.3. The number of carbonyl (C=O) groups excluding carboxylic acids is 2. The van der Waals surface area contributed by atoms with Gasteiger partial charge in [-0.1, -0.05) is 42.0 Å². The maximum absolute atomic E-state index is 12.3. The van der Waals surface area contributed by atoms with E-state index in [1.54, 1.807) is 30.3 Å². The number of carbonyl (C=O) groups is 2. The van der Waals surface area contributed by atoms with Crippen LogP contribution in [0, 0.1) is 18.3 Å². The molecule has 0 heterocycles. The fraction of sp³-hybridized carbons (Fsp3) is 0.167. The van der Waals surface area contributed by atoms with Crippen molar-refractivity contribution in [2.75, 3.05) is 5.32 Å². The van der Waals surface area contributed by atoms with Gasteiger partial charge in [0.15, 0.2) is 0 Å². The van der Waals surface area contributed by atoms with Gasteiger partial charge in [-0.3, -0.25) is 9.59 Å². The zero-order valence-corrected chi connectivity index (χ0v) is 12.8. The van der Waals surface area contributed by atoms with Crippen LogP contribution in [-0.2, 0) is 11.3 Å². The van der Waals surface area contributed by atoms with E-state index in [4.69, 9.17) is 5.26 Å². The van der Waals surface area contributed by atoms with Crippen molar-refractivity contribution in [2.45, 2.75) is 19.9 Å². The molecule has 0 aliphatic carbocycles. The van der Waals surface area contributed by atoms with Crippen LogP contribution in [0.25, 0.3) is 0 Å². The highest BCUT2D eigenvalue weighted by Crippen LogP contribution is 2.15. The Balaban J connectivity index is 2.05. The minimum atomic E-state index is -0.439. The molecule has 2 N–H and O–H groups in total. The average molecular weight is 307 g/mol. The van der Waals surface area contributed by atoms with Gasteiger partial charge in [0.1, 0.15) is 6.42 Å². The first-order valence-corrected chi connectivity index (χ1v) is 7.19. The largest absolute Gasteiger partial charge is 0.348 e. The molecular formula is C18H17N3O2. The van der Waals surface area contributed by atoms with Crippen LogP contribution in [0.15, 0.2) is 48.5 Å². The Morgan fingerprint density at radius 3 is 2.48 bits per heavy atom. The zero-order chi connectivity index (χ0) is 16.7.